The fraction of sp³-hybridized carbons (Fsp3) is 0.0625. The number of benzene rings is 2. The van der Waals surface area contributed by atoms with Crippen molar-refractivity contribution < 1.29 is 4.79 Å². The molecule has 1 N–H and O–H groups in total. The van der Waals surface area contributed by atoms with Crippen LogP contribution in [0.5, 0.6) is 0 Å². The summed E-state index contributed by atoms with van der Waals surface area (Å²) in [6.07, 6.45) is 1.52. The smallest absolute Gasteiger partial charge is 0.244 e. The predicted octanol–water partition coefficient (Wildman–Crippen LogP) is 4.29. The van der Waals surface area contributed by atoms with E-state index in [4.69, 9.17) is 23.2 Å². The maximum Gasteiger partial charge on any atom is 0.244 e. The molecule has 1 saturated heterocycles. The zero-order valence-corrected chi connectivity index (χ0v) is 14.1. The van der Waals surface area contributed by atoms with E-state index in [1.165, 1.54) is 18.0 Å². The number of amides is 1. The molecule has 0 spiro atoms. The van der Waals surface area contributed by atoms with Crippen LogP contribution in [-0.2, 0) is 4.79 Å². The lowest BCUT2D eigenvalue weighted by Crippen LogP contribution is -2.21. The van der Waals surface area contributed by atoms with Gasteiger partial charge in [0.25, 0.3) is 0 Å². The summed E-state index contributed by atoms with van der Waals surface area (Å²) in [7, 11) is 0. The average Bonchev–Trinajstić information content (AvgIpc) is 2.91. The lowest BCUT2D eigenvalue weighted by atomic mass is 10.1. The van der Waals surface area contributed by atoms with Gasteiger partial charge in [-0.15, -0.1) is 5.10 Å². The largest absolute Gasteiger partial charge is 0.302 e. The van der Waals surface area contributed by atoms with E-state index in [1.54, 1.807) is 18.2 Å². The van der Waals surface area contributed by atoms with Crippen molar-refractivity contribution in [3.63, 3.8) is 0 Å². The molecule has 3 rings (SSSR count). The third-order valence-corrected chi connectivity index (χ3v) is 4.80. The molecule has 116 valence electrons. The van der Waals surface area contributed by atoms with Crippen LogP contribution in [0, 0.1) is 0 Å². The van der Waals surface area contributed by atoms with E-state index in [1.807, 2.05) is 30.3 Å². The highest BCUT2D eigenvalue weighted by Crippen LogP contribution is 2.34. The lowest BCUT2D eigenvalue weighted by Gasteiger charge is -2.03. The molecule has 0 radical (unpaired) electrons. The van der Waals surface area contributed by atoms with Crippen LogP contribution in [0.25, 0.3) is 0 Å². The number of amidine groups is 1. The zero-order valence-electron chi connectivity index (χ0n) is 11.7. The van der Waals surface area contributed by atoms with Crippen LogP contribution in [0.15, 0.2) is 58.7 Å². The Morgan fingerprint density at radius 1 is 1.13 bits per heavy atom. The Morgan fingerprint density at radius 3 is 2.65 bits per heavy atom. The molecule has 0 aliphatic carbocycles. The molecule has 1 amide bonds. The molecule has 0 saturated carbocycles. The van der Waals surface area contributed by atoms with Gasteiger partial charge in [-0.1, -0.05) is 71.4 Å². The average molecular weight is 364 g/mol. The first-order valence-electron chi connectivity index (χ1n) is 6.72. The van der Waals surface area contributed by atoms with Gasteiger partial charge in [0.2, 0.25) is 5.91 Å². The summed E-state index contributed by atoms with van der Waals surface area (Å²) in [5.41, 5.74) is 1.64. The van der Waals surface area contributed by atoms with Crippen LogP contribution in [0.1, 0.15) is 16.4 Å². The molecule has 1 fully saturated rings. The van der Waals surface area contributed by atoms with Crippen molar-refractivity contribution in [2.75, 3.05) is 0 Å². The van der Waals surface area contributed by atoms with Crippen LogP contribution in [0.4, 0.5) is 0 Å². The lowest BCUT2D eigenvalue weighted by molar-refractivity contribution is -0.118. The van der Waals surface area contributed by atoms with Gasteiger partial charge in [-0.25, -0.2) is 0 Å². The van der Waals surface area contributed by atoms with Gasteiger partial charge in [-0.2, -0.15) is 5.10 Å². The Labute approximate surface area is 147 Å². The molecule has 2 aromatic rings. The first-order chi connectivity index (χ1) is 11.1. The van der Waals surface area contributed by atoms with E-state index in [9.17, 15) is 4.79 Å². The second-order valence-corrected chi connectivity index (χ2v) is 6.65. The molecule has 0 bridgehead atoms. The fourth-order valence-electron chi connectivity index (χ4n) is 2.01. The van der Waals surface area contributed by atoms with Crippen molar-refractivity contribution in [2.24, 2.45) is 10.2 Å². The normalized spacial score (nSPS) is 19.5. The van der Waals surface area contributed by atoms with Gasteiger partial charge < -0.3 is 5.32 Å². The highest BCUT2D eigenvalue weighted by atomic mass is 35.5. The van der Waals surface area contributed by atoms with Crippen LogP contribution >= 0.6 is 35.0 Å². The number of carbonyl (C=O) groups excluding carboxylic acids is 1. The van der Waals surface area contributed by atoms with Gasteiger partial charge in [0.1, 0.15) is 5.25 Å². The maximum atomic E-state index is 12.0. The van der Waals surface area contributed by atoms with Gasteiger partial charge >= 0.3 is 0 Å². The number of halogens is 2. The number of hydrogen-bond donors (Lipinski definition) is 1. The summed E-state index contributed by atoms with van der Waals surface area (Å²) < 4.78 is 0. The van der Waals surface area contributed by atoms with Gasteiger partial charge in [-0.05, 0) is 17.7 Å². The Bertz CT molecular complexity index is 793. The minimum atomic E-state index is -0.302. The SMILES string of the molecule is O=C1N/C(=N/N=C\c2ccc(Cl)cc2Cl)S[C@@H]1c1ccccc1. The van der Waals surface area contributed by atoms with E-state index in [-0.39, 0.29) is 11.2 Å². The highest BCUT2D eigenvalue weighted by molar-refractivity contribution is 8.15. The Morgan fingerprint density at radius 2 is 1.91 bits per heavy atom. The summed E-state index contributed by atoms with van der Waals surface area (Å²) >= 11 is 13.2. The van der Waals surface area contributed by atoms with Gasteiger partial charge in [0.15, 0.2) is 5.17 Å². The summed E-state index contributed by atoms with van der Waals surface area (Å²) in [4.78, 5) is 12.0. The number of rotatable bonds is 3. The Hall–Kier alpha value is -1.82. The van der Waals surface area contributed by atoms with E-state index in [2.05, 4.69) is 15.5 Å². The van der Waals surface area contributed by atoms with Gasteiger partial charge in [-0.3, -0.25) is 4.79 Å². The van der Waals surface area contributed by atoms with Crippen molar-refractivity contribution in [3.8, 4) is 0 Å². The second kappa shape index (κ2) is 7.17. The van der Waals surface area contributed by atoms with E-state index < -0.39 is 0 Å². The molecule has 1 atom stereocenters. The van der Waals surface area contributed by atoms with Crippen molar-refractivity contribution in [1.82, 2.24) is 5.32 Å². The fourth-order valence-corrected chi connectivity index (χ4v) is 3.40. The van der Waals surface area contributed by atoms with Gasteiger partial charge in [0, 0.05) is 10.6 Å². The minimum Gasteiger partial charge on any atom is -0.302 e. The van der Waals surface area contributed by atoms with Crippen molar-refractivity contribution in [3.05, 3.63) is 69.7 Å². The molecule has 1 aliphatic rings. The van der Waals surface area contributed by atoms with E-state index in [0.29, 0.717) is 20.8 Å². The quantitative estimate of drug-likeness (QED) is 0.653. The molecular weight excluding hydrogens is 353 g/mol. The topological polar surface area (TPSA) is 53.8 Å². The summed E-state index contributed by atoms with van der Waals surface area (Å²) in [6, 6.07) is 14.7. The number of nitrogens with one attached hydrogen (secondary N) is 1. The monoisotopic (exact) mass is 363 g/mol. The third-order valence-electron chi connectivity index (χ3n) is 3.11. The molecule has 7 heteroatoms. The Balaban J connectivity index is 1.72. The summed E-state index contributed by atoms with van der Waals surface area (Å²) in [5.74, 6) is -0.0975. The van der Waals surface area contributed by atoms with Crippen LogP contribution < -0.4 is 5.32 Å². The van der Waals surface area contributed by atoms with Crippen LogP contribution in [0.2, 0.25) is 10.0 Å². The molecule has 23 heavy (non-hydrogen) atoms. The highest BCUT2D eigenvalue weighted by Gasteiger charge is 2.31. The summed E-state index contributed by atoms with van der Waals surface area (Å²) in [6.45, 7) is 0. The van der Waals surface area contributed by atoms with Crippen molar-refractivity contribution in [1.29, 1.82) is 0 Å². The molecule has 4 nitrogen and oxygen atoms in total. The van der Waals surface area contributed by atoms with E-state index >= 15 is 0 Å². The molecule has 2 aromatic carbocycles. The predicted molar refractivity (Wildman–Crippen MR) is 96.4 cm³/mol. The summed E-state index contributed by atoms with van der Waals surface area (Å²) in [5, 5.41) is 11.9. The number of carbonyl (C=O) groups is 1. The Kier molecular flexibility index (Phi) is 5.00. The molecule has 0 unspecified atom stereocenters. The number of nitrogens with zero attached hydrogens (tertiary/aromatic N) is 2. The standard InChI is InChI=1S/C16H11Cl2N3OS/c17-12-7-6-11(13(18)8-12)9-19-21-16-20-15(22)14(23-16)10-4-2-1-3-5-10/h1-9,14H,(H,20,21,22)/b19-9-/t14-/m1/s1. The van der Waals surface area contributed by atoms with E-state index in [0.717, 1.165) is 5.56 Å². The first kappa shape index (κ1) is 16.1. The van der Waals surface area contributed by atoms with Crippen molar-refractivity contribution >= 4 is 52.3 Å². The molecule has 0 aromatic heterocycles. The molecular formula is C16H11Cl2N3OS. The first-order valence-corrected chi connectivity index (χ1v) is 8.35. The van der Waals surface area contributed by atoms with Gasteiger partial charge in [0.05, 0.1) is 11.2 Å². The van der Waals surface area contributed by atoms with Crippen LogP contribution in [0.3, 0.4) is 0 Å². The van der Waals surface area contributed by atoms with Crippen LogP contribution in [-0.4, -0.2) is 17.3 Å². The molecule has 1 heterocycles. The zero-order chi connectivity index (χ0) is 16.2. The molecule has 1 aliphatic heterocycles. The second-order valence-electron chi connectivity index (χ2n) is 4.71. The number of hydrogen-bond acceptors (Lipinski definition) is 4. The van der Waals surface area contributed by atoms with Crippen molar-refractivity contribution in [2.45, 2.75) is 5.25 Å². The maximum absolute atomic E-state index is 12.0. The number of thioether (sulfide) groups is 1. The minimum absolute atomic E-state index is 0.0975. The third kappa shape index (κ3) is 3.93.